The molecule has 4 N–H and O–H groups in total. The number of aliphatic carboxylic acids is 1. The summed E-state index contributed by atoms with van der Waals surface area (Å²) < 4.78 is 5.69. The zero-order chi connectivity index (χ0) is 24.7. The molecule has 12 nitrogen and oxygen atoms in total. The molecule has 15 heteroatoms. The molecule has 1 saturated heterocycles. The Morgan fingerprint density at radius 2 is 2.17 bits per heavy atom. The Morgan fingerprint density at radius 3 is 2.86 bits per heavy atom. The summed E-state index contributed by atoms with van der Waals surface area (Å²) in [5.74, 6) is -2.22. The quantitative estimate of drug-likeness (QED) is 0.230. The highest BCUT2D eigenvalue weighted by atomic mass is 32.2. The number of oxazole rings is 1. The number of aromatic nitrogens is 2. The molecule has 0 radical (unpaired) electrons. The zero-order valence-corrected chi connectivity index (χ0v) is 20.3. The van der Waals surface area contributed by atoms with E-state index in [9.17, 15) is 19.5 Å². The lowest BCUT2D eigenvalue weighted by atomic mass is 10.0. The predicted molar refractivity (Wildman–Crippen MR) is 130 cm³/mol. The van der Waals surface area contributed by atoms with Crippen LogP contribution in [0.2, 0.25) is 0 Å². The number of β-lactam (4-membered cyclic amide) rings is 1. The molecule has 1 unspecified atom stereocenters. The summed E-state index contributed by atoms with van der Waals surface area (Å²) in [5.41, 5.74) is 6.76. The third kappa shape index (κ3) is 4.21. The molecule has 2 atom stereocenters. The monoisotopic (exact) mass is 532 g/mol. The number of thioether (sulfide) groups is 2. The zero-order valence-electron chi connectivity index (χ0n) is 17.8. The van der Waals surface area contributed by atoms with E-state index < -0.39 is 29.2 Å². The highest BCUT2D eigenvalue weighted by Gasteiger charge is 2.54. The van der Waals surface area contributed by atoms with Crippen LogP contribution in [0, 0.1) is 0 Å². The predicted octanol–water partition coefficient (Wildman–Crippen LogP) is 1.71. The third-order valence-corrected chi connectivity index (χ3v) is 8.14. The number of fused-ring (bicyclic) bond motifs is 2. The maximum atomic E-state index is 13.0. The van der Waals surface area contributed by atoms with E-state index >= 15 is 0 Å². The average Bonchev–Trinajstić information content (AvgIpc) is 3.45. The maximum absolute atomic E-state index is 13.0. The Labute approximate surface area is 209 Å². The van der Waals surface area contributed by atoms with Crippen LogP contribution in [0.25, 0.3) is 11.1 Å². The summed E-state index contributed by atoms with van der Waals surface area (Å²) in [6.45, 7) is 0. The Morgan fingerprint density at radius 1 is 1.37 bits per heavy atom. The van der Waals surface area contributed by atoms with Crippen molar-refractivity contribution in [1.29, 1.82) is 0 Å². The largest absolute Gasteiger partial charge is 0.477 e. The van der Waals surface area contributed by atoms with Crippen LogP contribution in [0.1, 0.15) is 5.69 Å². The van der Waals surface area contributed by atoms with Gasteiger partial charge in [0, 0.05) is 16.0 Å². The number of thiazole rings is 1. The number of amides is 2. The lowest BCUT2D eigenvalue weighted by Crippen LogP contribution is -2.71. The summed E-state index contributed by atoms with van der Waals surface area (Å²) in [6.07, 6.45) is 0. The molecule has 2 amide bonds. The number of nitrogen functional groups attached to an aromatic ring is 1. The van der Waals surface area contributed by atoms with Crippen molar-refractivity contribution in [1.82, 2.24) is 20.2 Å². The number of oxime groups is 1. The molecule has 35 heavy (non-hydrogen) atoms. The van der Waals surface area contributed by atoms with Gasteiger partial charge in [0.05, 0.1) is 0 Å². The molecular formula is C20H16N6O6S3. The van der Waals surface area contributed by atoms with Crippen LogP contribution in [0.4, 0.5) is 5.13 Å². The van der Waals surface area contributed by atoms with Crippen molar-refractivity contribution in [3.63, 3.8) is 0 Å². The van der Waals surface area contributed by atoms with Gasteiger partial charge in [-0.1, -0.05) is 17.3 Å². The minimum Gasteiger partial charge on any atom is -0.477 e. The number of para-hydroxylation sites is 2. The number of rotatable bonds is 7. The molecule has 1 fully saturated rings. The second-order valence-electron chi connectivity index (χ2n) is 7.18. The summed E-state index contributed by atoms with van der Waals surface area (Å²) in [6, 6.07) is 6.23. The number of hydrogen-bond acceptors (Lipinski definition) is 12. The van der Waals surface area contributed by atoms with E-state index in [0.717, 1.165) is 23.1 Å². The fraction of sp³-hybridized carbons (Fsp3) is 0.200. The molecule has 0 spiro atoms. The normalized spacial score (nSPS) is 20.0. The fourth-order valence-corrected chi connectivity index (χ4v) is 6.52. The van der Waals surface area contributed by atoms with Gasteiger partial charge in [0.15, 0.2) is 16.4 Å². The highest BCUT2D eigenvalue weighted by molar-refractivity contribution is 8.06. The van der Waals surface area contributed by atoms with Crippen molar-refractivity contribution in [2.24, 2.45) is 5.16 Å². The first-order valence-corrected chi connectivity index (χ1v) is 12.7. The van der Waals surface area contributed by atoms with E-state index in [2.05, 4.69) is 20.4 Å². The number of carbonyl (C=O) groups is 3. The minimum atomic E-state index is -1.26. The molecule has 0 aliphatic carbocycles. The number of anilines is 1. The smallest absolute Gasteiger partial charge is 0.353 e. The summed E-state index contributed by atoms with van der Waals surface area (Å²) in [4.78, 5) is 52.6. The number of hydrogen-bond donors (Lipinski definition) is 3. The first kappa shape index (κ1) is 23.2. The van der Waals surface area contributed by atoms with Gasteiger partial charge >= 0.3 is 5.97 Å². The van der Waals surface area contributed by atoms with Gasteiger partial charge in [-0.05, 0) is 23.9 Å². The van der Waals surface area contributed by atoms with Gasteiger partial charge in [-0.2, -0.15) is 0 Å². The number of nitrogens with two attached hydrogens (primary N) is 1. The standard InChI is InChI=1S/C20H16N6O6S3/c1-31-25-12(9-6-34-19(21)22-9)15(27)24-13-16(28)26-14(18(29)30)11(7-33-17(13)26)35-20-23-8-4-2-3-5-10(8)32-20/h2-6,13,17H,7H2,1H3,(H2,21,22)(H,24,27)(H,29,30)/t13?,17-/m0/s1. The number of nitrogens with zero attached hydrogens (tertiary/aromatic N) is 4. The minimum absolute atomic E-state index is 0.145. The van der Waals surface area contributed by atoms with Gasteiger partial charge < -0.3 is 25.4 Å². The number of carbonyl (C=O) groups excluding carboxylic acids is 2. The Bertz CT molecular complexity index is 1380. The molecule has 2 aliphatic heterocycles. The van der Waals surface area contributed by atoms with E-state index in [1.165, 1.54) is 29.2 Å². The van der Waals surface area contributed by atoms with E-state index in [1.54, 1.807) is 12.1 Å². The Balaban J connectivity index is 1.36. The molecule has 1 aromatic carbocycles. The molecule has 2 aliphatic rings. The van der Waals surface area contributed by atoms with Gasteiger partial charge in [0.2, 0.25) is 0 Å². The molecular weight excluding hydrogens is 516 g/mol. The molecule has 5 rings (SSSR count). The van der Waals surface area contributed by atoms with Gasteiger partial charge in [-0.25, -0.2) is 14.8 Å². The van der Waals surface area contributed by atoms with Crippen LogP contribution < -0.4 is 11.1 Å². The van der Waals surface area contributed by atoms with Crippen molar-refractivity contribution in [2.75, 3.05) is 18.6 Å². The van der Waals surface area contributed by atoms with Crippen molar-refractivity contribution in [3.8, 4) is 0 Å². The SMILES string of the molecule is CON=C(C(=O)NC1C(=O)N2C(C(=O)O)=C(Sc3nc4ccccc4o3)CS[C@@H]12)c1csc(N)n1. The summed E-state index contributed by atoms with van der Waals surface area (Å²) >= 11 is 3.50. The lowest BCUT2D eigenvalue weighted by molar-refractivity contribution is -0.150. The molecule has 2 aromatic heterocycles. The van der Waals surface area contributed by atoms with Crippen molar-refractivity contribution in [3.05, 3.63) is 45.9 Å². The topological polar surface area (TPSA) is 173 Å². The number of carboxylic acid groups (broad SMARTS) is 1. The van der Waals surface area contributed by atoms with Crippen LogP contribution in [-0.2, 0) is 19.2 Å². The average molecular weight is 533 g/mol. The van der Waals surface area contributed by atoms with Crippen LogP contribution in [0.5, 0.6) is 0 Å². The van der Waals surface area contributed by atoms with Crippen molar-refractivity contribution >= 4 is 74.6 Å². The van der Waals surface area contributed by atoms with Crippen LogP contribution in [0.15, 0.2) is 55.0 Å². The Hall–Kier alpha value is -3.56. The second-order valence-corrected chi connectivity index (χ2v) is 10.2. The fourth-order valence-electron chi connectivity index (χ4n) is 3.57. The molecule has 4 heterocycles. The van der Waals surface area contributed by atoms with Crippen molar-refractivity contribution < 1.29 is 28.7 Å². The molecule has 3 aromatic rings. The van der Waals surface area contributed by atoms with E-state index in [1.807, 2.05) is 12.1 Å². The second kappa shape index (κ2) is 9.24. The summed E-state index contributed by atoms with van der Waals surface area (Å²) in [5, 5.41) is 17.6. The van der Waals surface area contributed by atoms with Crippen molar-refractivity contribution in [2.45, 2.75) is 16.6 Å². The van der Waals surface area contributed by atoms with Crippen LogP contribution in [0.3, 0.4) is 0 Å². The third-order valence-electron chi connectivity index (χ3n) is 5.07. The number of carboxylic acids is 1. The first-order chi connectivity index (χ1) is 16.9. The van der Waals surface area contributed by atoms with E-state index in [0.29, 0.717) is 16.0 Å². The van der Waals surface area contributed by atoms with E-state index in [4.69, 9.17) is 15.0 Å². The van der Waals surface area contributed by atoms with Crippen LogP contribution in [-0.4, -0.2) is 67.7 Å². The Kier molecular flexibility index (Phi) is 6.12. The molecule has 180 valence electrons. The number of benzene rings is 1. The summed E-state index contributed by atoms with van der Waals surface area (Å²) in [7, 11) is 1.27. The highest BCUT2D eigenvalue weighted by Crippen LogP contribution is 2.45. The number of nitrogens with one attached hydrogen (secondary N) is 1. The first-order valence-electron chi connectivity index (χ1n) is 9.95. The van der Waals surface area contributed by atoms with Gasteiger partial charge in [-0.15, -0.1) is 23.1 Å². The van der Waals surface area contributed by atoms with Gasteiger partial charge in [0.1, 0.15) is 35.4 Å². The molecule has 0 bridgehead atoms. The van der Waals surface area contributed by atoms with Gasteiger partial charge in [-0.3, -0.25) is 14.5 Å². The molecule has 0 saturated carbocycles. The lowest BCUT2D eigenvalue weighted by Gasteiger charge is -2.49. The van der Waals surface area contributed by atoms with Gasteiger partial charge in [0.25, 0.3) is 17.0 Å². The van der Waals surface area contributed by atoms with E-state index in [-0.39, 0.29) is 33.2 Å². The maximum Gasteiger partial charge on any atom is 0.353 e. The van der Waals surface area contributed by atoms with Crippen LogP contribution >= 0.6 is 34.9 Å².